The summed E-state index contributed by atoms with van der Waals surface area (Å²) in [5, 5.41) is 0. The van der Waals surface area contributed by atoms with Crippen molar-refractivity contribution in [1.82, 2.24) is 0 Å². The van der Waals surface area contributed by atoms with Crippen molar-refractivity contribution >= 4 is 31.0 Å². The van der Waals surface area contributed by atoms with Crippen LogP contribution < -0.4 is 19.6 Å². The van der Waals surface area contributed by atoms with Gasteiger partial charge in [-0.25, -0.2) is 0 Å². The third-order valence-electron chi connectivity index (χ3n) is 10.6. The van der Waals surface area contributed by atoms with Crippen molar-refractivity contribution in [2.45, 2.75) is 58.0 Å². The molecule has 0 N–H and O–H groups in total. The maximum atomic E-state index is 3.98. The summed E-state index contributed by atoms with van der Waals surface area (Å²) in [6, 6.07) is 48.2. The number of fused-ring (bicyclic) bond motifs is 10. The summed E-state index contributed by atoms with van der Waals surface area (Å²) < 4.78 is 2.84. The molecule has 4 nitrogen and oxygen atoms in total. The molecule has 5 aromatic rings. The Hall–Kier alpha value is -4.27. The molecule has 0 spiro atoms. The van der Waals surface area contributed by atoms with Crippen molar-refractivity contribution in [2.24, 2.45) is 0 Å². The Morgan fingerprint density at radius 1 is 0.511 bits per heavy atom. The minimum atomic E-state index is -0.666. The molecule has 0 aliphatic carbocycles. The van der Waals surface area contributed by atoms with Crippen LogP contribution in [0.4, 0.5) is 22.7 Å². The molecule has 0 saturated heterocycles. The summed E-state index contributed by atoms with van der Waals surface area (Å²) in [6.45, 7) is 14.9. The van der Waals surface area contributed by atoms with Gasteiger partial charge in [0.05, 0.1) is 0 Å². The predicted octanol–water partition coefficient (Wildman–Crippen LogP) is 8.65. The van der Waals surface area contributed by atoms with Gasteiger partial charge in [-0.2, -0.15) is 0 Å². The average Bonchev–Trinajstić information content (AvgIpc) is 3.60. The molecule has 0 amide bonds. The predicted molar refractivity (Wildman–Crippen MR) is 192 cm³/mol. The molecule has 0 aromatic heterocycles. The average molecular weight is 794 g/mol. The van der Waals surface area contributed by atoms with E-state index in [2.05, 4.69) is 182 Å². The first-order chi connectivity index (χ1) is 22.6. The van der Waals surface area contributed by atoms with E-state index in [0.29, 0.717) is 0 Å². The first-order valence-electron chi connectivity index (χ1n) is 16.4. The molecule has 0 radical (unpaired) electrons. The van der Waals surface area contributed by atoms with Crippen LogP contribution in [0.3, 0.4) is 0 Å². The van der Waals surface area contributed by atoms with Crippen LogP contribution in [0.2, 0.25) is 0 Å². The van der Waals surface area contributed by atoms with Gasteiger partial charge >= 0.3 is 288 Å². The van der Waals surface area contributed by atoms with Gasteiger partial charge in [0, 0.05) is 0 Å². The van der Waals surface area contributed by atoms with Crippen LogP contribution in [-0.4, -0.2) is 15.0 Å². The molecule has 9 rings (SSSR count). The Bertz CT molecular complexity index is 2170. The molecule has 0 atom stereocenters. The van der Waals surface area contributed by atoms with E-state index >= 15 is 0 Å². The van der Waals surface area contributed by atoms with E-state index in [9.17, 15) is 0 Å². The van der Waals surface area contributed by atoms with Gasteiger partial charge in [-0.1, -0.05) is 0 Å². The Morgan fingerprint density at radius 3 is 1.68 bits per heavy atom. The molecule has 5 aromatic carbocycles. The zero-order valence-electron chi connectivity index (χ0n) is 27.7. The summed E-state index contributed by atoms with van der Waals surface area (Å²) in [5.74, 6) is 0. The Kier molecular flexibility index (Phi) is 6.07. The van der Waals surface area contributed by atoms with E-state index in [4.69, 9.17) is 0 Å². The number of hydrogen-bond acceptors (Lipinski definition) is 4. The topological polar surface area (TPSA) is 13.0 Å². The van der Waals surface area contributed by atoms with Crippen LogP contribution >= 0.6 is 0 Å². The second kappa shape index (κ2) is 9.87. The summed E-state index contributed by atoms with van der Waals surface area (Å²) >= 11 is -0.666. The Morgan fingerprint density at radius 2 is 1.02 bits per heavy atom. The number of nitrogens with zero attached hydrogens (tertiary/aromatic N) is 4. The molecule has 4 aliphatic rings. The van der Waals surface area contributed by atoms with Crippen LogP contribution in [0.15, 0.2) is 109 Å². The van der Waals surface area contributed by atoms with Crippen LogP contribution in [0, 0.1) is 12.1 Å². The number of hydrogen-bond donors (Lipinski definition) is 0. The van der Waals surface area contributed by atoms with E-state index in [-0.39, 0.29) is 16.5 Å². The zero-order valence-corrected chi connectivity index (χ0v) is 30.0. The maximum absolute atomic E-state index is 3.98. The second-order valence-corrected chi connectivity index (χ2v) is 17.1. The van der Waals surface area contributed by atoms with Crippen molar-refractivity contribution in [3.8, 4) is 11.1 Å². The monoisotopic (exact) mass is 793 g/mol. The molecular weight excluding hydrogens is 756 g/mol. The van der Waals surface area contributed by atoms with Gasteiger partial charge in [0.2, 0.25) is 0 Å². The first kappa shape index (κ1) is 28.9. The molecule has 5 heteroatoms. The number of para-hydroxylation sites is 3. The van der Waals surface area contributed by atoms with E-state index < -0.39 is 17.6 Å². The molecule has 0 fully saturated rings. The quantitative estimate of drug-likeness (QED) is 0.158. The van der Waals surface area contributed by atoms with Gasteiger partial charge in [0.15, 0.2) is 0 Å². The number of anilines is 4. The van der Waals surface area contributed by atoms with Crippen molar-refractivity contribution in [1.29, 1.82) is 0 Å². The van der Waals surface area contributed by atoms with Gasteiger partial charge in [-0.3, -0.25) is 0 Å². The SMILES string of the molecule is CC1(C)c2[c-]c(ccc2)C(C)(C)N2[C]3=[Pt]=[C]4N(CN3c3ccccc32)c2c(-c3ccccc3)cccc2N4C(C)(C)c2[c-]c1ccc2. The molecule has 47 heavy (non-hydrogen) atoms. The van der Waals surface area contributed by atoms with Crippen LogP contribution in [0.25, 0.3) is 11.1 Å². The van der Waals surface area contributed by atoms with E-state index in [1.54, 1.807) is 0 Å². The van der Waals surface area contributed by atoms with Gasteiger partial charge < -0.3 is 0 Å². The van der Waals surface area contributed by atoms with E-state index in [1.165, 1.54) is 64.4 Å². The summed E-state index contributed by atoms with van der Waals surface area (Å²) in [4.78, 5) is 10.5. The molecule has 238 valence electrons. The zero-order chi connectivity index (χ0) is 32.3. The fourth-order valence-corrected chi connectivity index (χ4v) is 12.0. The fraction of sp³-hybridized carbons (Fsp3) is 0.238. The van der Waals surface area contributed by atoms with Crippen molar-refractivity contribution in [3.63, 3.8) is 0 Å². The third-order valence-corrected chi connectivity index (χ3v) is 13.8. The molecule has 6 bridgehead atoms. The van der Waals surface area contributed by atoms with E-state index in [0.717, 1.165) is 6.67 Å². The van der Waals surface area contributed by atoms with E-state index in [1.807, 2.05) is 0 Å². The van der Waals surface area contributed by atoms with Gasteiger partial charge in [-0.15, -0.1) is 0 Å². The fourth-order valence-electron chi connectivity index (χ4n) is 7.74. The minimum absolute atomic E-state index is 0.282. The summed E-state index contributed by atoms with van der Waals surface area (Å²) in [6.07, 6.45) is 0. The van der Waals surface area contributed by atoms with Crippen LogP contribution in [0.1, 0.15) is 63.8 Å². The first-order valence-corrected chi connectivity index (χ1v) is 18.7. The van der Waals surface area contributed by atoms with Gasteiger partial charge in [-0.05, 0) is 0 Å². The second-order valence-electron chi connectivity index (χ2n) is 14.5. The number of benzene rings is 5. The molecule has 4 aliphatic heterocycles. The number of rotatable bonds is 1. The van der Waals surface area contributed by atoms with Crippen molar-refractivity contribution in [3.05, 3.63) is 144 Å². The summed E-state index contributed by atoms with van der Waals surface area (Å²) in [7, 11) is 0. The third kappa shape index (κ3) is 3.97. The Balaban J connectivity index is 1.41. The van der Waals surface area contributed by atoms with Gasteiger partial charge in [0.1, 0.15) is 0 Å². The summed E-state index contributed by atoms with van der Waals surface area (Å²) in [5.41, 5.74) is 11.5. The standard InChI is InChI=1S/C42H38N4.Pt/c1-40(2)31-17-12-19-33(25-31)41(3,4)45-28-43(36-22-10-11-23-37(36)45)27-44-29-46(42(5,6)34-20-13-18-32(40)26-34)38-24-14-21-35(39(38)44)30-15-8-7-9-16-30;/h7-24H,27H2,1-6H3;/q-2;. The van der Waals surface area contributed by atoms with Gasteiger partial charge in [0.25, 0.3) is 0 Å². The molecule has 4 heterocycles. The van der Waals surface area contributed by atoms with Crippen LogP contribution in [-0.2, 0) is 34.1 Å². The molecule has 0 saturated carbocycles. The Labute approximate surface area is 286 Å². The molecule has 0 unspecified atom stereocenters. The molecular formula is C42H38N4Pt-2. The normalized spacial score (nSPS) is 19.5. The van der Waals surface area contributed by atoms with Crippen molar-refractivity contribution in [2.75, 3.05) is 26.3 Å². The van der Waals surface area contributed by atoms with Crippen LogP contribution in [0.5, 0.6) is 0 Å². The van der Waals surface area contributed by atoms with Crippen molar-refractivity contribution < 1.29 is 17.6 Å².